The number of halogens is 1. The van der Waals surface area contributed by atoms with E-state index in [2.05, 4.69) is 15.1 Å². The third-order valence-electron chi connectivity index (χ3n) is 4.52. The van der Waals surface area contributed by atoms with Gasteiger partial charge in [-0.1, -0.05) is 17.3 Å². The first-order valence-corrected chi connectivity index (χ1v) is 8.52. The van der Waals surface area contributed by atoms with Crippen molar-refractivity contribution in [2.75, 3.05) is 7.11 Å². The van der Waals surface area contributed by atoms with Crippen LogP contribution in [0, 0.1) is 5.82 Å². The normalized spacial score (nSPS) is 16.7. The zero-order chi connectivity index (χ0) is 18.8. The quantitative estimate of drug-likeness (QED) is 0.688. The van der Waals surface area contributed by atoms with Gasteiger partial charge in [-0.15, -0.1) is 0 Å². The second-order valence-electron chi connectivity index (χ2n) is 6.22. The third kappa shape index (κ3) is 3.38. The first-order chi connectivity index (χ1) is 13.2. The maximum atomic E-state index is 14.0. The molecule has 1 aliphatic rings. The van der Waals surface area contributed by atoms with Crippen molar-refractivity contribution in [1.82, 2.24) is 20.0 Å². The SMILES string of the molecule is COc1ccc(CN2C(=O)CCC2c2nc(-c3ccccn3)no2)cc1F. The van der Waals surface area contributed by atoms with E-state index >= 15 is 0 Å². The lowest BCUT2D eigenvalue weighted by Gasteiger charge is -2.22. The van der Waals surface area contributed by atoms with E-state index in [-0.39, 0.29) is 24.2 Å². The Morgan fingerprint density at radius 2 is 2.22 bits per heavy atom. The van der Waals surface area contributed by atoms with Crippen LogP contribution in [0.15, 0.2) is 47.1 Å². The summed E-state index contributed by atoms with van der Waals surface area (Å²) < 4.78 is 24.3. The summed E-state index contributed by atoms with van der Waals surface area (Å²) in [4.78, 5) is 22.6. The van der Waals surface area contributed by atoms with Gasteiger partial charge in [0.1, 0.15) is 11.7 Å². The Morgan fingerprint density at radius 1 is 1.33 bits per heavy atom. The summed E-state index contributed by atoms with van der Waals surface area (Å²) in [5.74, 6) is 0.401. The van der Waals surface area contributed by atoms with Crippen LogP contribution in [0.5, 0.6) is 5.75 Å². The van der Waals surface area contributed by atoms with E-state index in [4.69, 9.17) is 9.26 Å². The minimum atomic E-state index is -0.464. The van der Waals surface area contributed by atoms with Crippen molar-refractivity contribution in [3.05, 3.63) is 59.9 Å². The minimum Gasteiger partial charge on any atom is -0.494 e. The first kappa shape index (κ1) is 17.1. The highest BCUT2D eigenvalue weighted by Crippen LogP contribution is 2.34. The van der Waals surface area contributed by atoms with Crippen molar-refractivity contribution in [2.24, 2.45) is 0 Å². The number of aromatic nitrogens is 3. The number of nitrogens with zero attached hydrogens (tertiary/aromatic N) is 4. The van der Waals surface area contributed by atoms with Crippen LogP contribution < -0.4 is 4.74 Å². The molecule has 0 spiro atoms. The molecule has 1 saturated heterocycles. The summed E-state index contributed by atoms with van der Waals surface area (Å²) in [6, 6.07) is 9.73. The minimum absolute atomic E-state index is 0.0335. The summed E-state index contributed by atoms with van der Waals surface area (Å²) in [7, 11) is 1.41. The summed E-state index contributed by atoms with van der Waals surface area (Å²) in [6.07, 6.45) is 2.60. The number of pyridine rings is 1. The maximum Gasteiger partial charge on any atom is 0.249 e. The average molecular weight is 368 g/mol. The third-order valence-corrected chi connectivity index (χ3v) is 4.52. The standard InChI is InChI=1S/C19H17FN4O3/c1-26-16-7-5-12(10-13(16)20)11-24-15(6-8-17(24)25)19-22-18(23-27-19)14-4-2-3-9-21-14/h2-5,7,9-10,15H,6,8,11H2,1H3. The monoisotopic (exact) mass is 368 g/mol. The lowest BCUT2D eigenvalue weighted by Crippen LogP contribution is -2.27. The van der Waals surface area contributed by atoms with Crippen molar-refractivity contribution in [3.8, 4) is 17.3 Å². The Kier molecular flexibility index (Phi) is 4.53. The Bertz CT molecular complexity index is 961. The fraction of sp³-hybridized carbons (Fsp3) is 0.263. The van der Waals surface area contributed by atoms with E-state index in [9.17, 15) is 9.18 Å². The number of hydrogen-bond donors (Lipinski definition) is 0. The van der Waals surface area contributed by atoms with Crippen LogP contribution in [0.1, 0.15) is 30.3 Å². The van der Waals surface area contributed by atoms with Crippen molar-refractivity contribution >= 4 is 5.91 Å². The van der Waals surface area contributed by atoms with Crippen molar-refractivity contribution in [3.63, 3.8) is 0 Å². The molecule has 0 bridgehead atoms. The Hall–Kier alpha value is -3.29. The molecule has 1 atom stereocenters. The number of likely N-dealkylation sites (tertiary alicyclic amines) is 1. The van der Waals surface area contributed by atoms with E-state index in [1.807, 2.05) is 6.07 Å². The van der Waals surface area contributed by atoms with Gasteiger partial charge >= 0.3 is 0 Å². The van der Waals surface area contributed by atoms with Crippen LogP contribution in [0.3, 0.4) is 0 Å². The molecule has 0 saturated carbocycles. The summed E-state index contributed by atoms with van der Waals surface area (Å²) >= 11 is 0. The van der Waals surface area contributed by atoms with Crippen LogP contribution >= 0.6 is 0 Å². The lowest BCUT2D eigenvalue weighted by atomic mass is 10.1. The number of methoxy groups -OCH3 is 1. The average Bonchev–Trinajstić information content (AvgIpc) is 3.30. The fourth-order valence-electron chi connectivity index (χ4n) is 3.16. The van der Waals surface area contributed by atoms with Gasteiger partial charge in [-0.05, 0) is 36.2 Å². The summed E-state index contributed by atoms with van der Waals surface area (Å²) in [5, 5.41) is 3.97. The Labute approximate surface area is 154 Å². The lowest BCUT2D eigenvalue weighted by molar-refractivity contribution is -0.130. The van der Waals surface area contributed by atoms with Gasteiger partial charge in [0, 0.05) is 19.2 Å². The van der Waals surface area contributed by atoms with Crippen LogP contribution in [0.4, 0.5) is 4.39 Å². The van der Waals surface area contributed by atoms with Gasteiger partial charge < -0.3 is 14.2 Å². The van der Waals surface area contributed by atoms with Gasteiger partial charge in [-0.2, -0.15) is 4.98 Å². The van der Waals surface area contributed by atoms with E-state index in [0.29, 0.717) is 35.8 Å². The van der Waals surface area contributed by atoms with Gasteiger partial charge in [0.25, 0.3) is 0 Å². The molecule has 4 rings (SSSR count). The van der Waals surface area contributed by atoms with Gasteiger partial charge in [0.05, 0.1) is 7.11 Å². The van der Waals surface area contributed by atoms with Crippen LogP contribution in [-0.4, -0.2) is 33.0 Å². The van der Waals surface area contributed by atoms with E-state index in [0.717, 1.165) is 0 Å². The van der Waals surface area contributed by atoms with Crippen LogP contribution in [-0.2, 0) is 11.3 Å². The zero-order valence-electron chi connectivity index (χ0n) is 14.6. The van der Waals surface area contributed by atoms with Gasteiger partial charge in [-0.25, -0.2) is 4.39 Å². The van der Waals surface area contributed by atoms with E-state index in [1.165, 1.54) is 13.2 Å². The molecule has 1 amide bonds. The number of ether oxygens (including phenoxy) is 1. The number of carbonyl (C=O) groups excluding carboxylic acids is 1. The number of amides is 1. The van der Waals surface area contributed by atoms with Gasteiger partial charge in [0.2, 0.25) is 17.6 Å². The molecule has 1 aliphatic heterocycles. The predicted octanol–water partition coefficient (Wildman–Crippen LogP) is 3.14. The molecule has 27 heavy (non-hydrogen) atoms. The fourth-order valence-corrected chi connectivity index (χ4v) is 3.16. The molecule has 0 aliphatic carbocycles. The molecule has 2 aromatic heterocycles. The molecule has 1 fully saturated rings. The van der Waals surface area contributed by atoms with Crippen molar-refractivity contribution in [1.29, 1.82) is 0 Å². The molecular weight excluding hydrogens is 351 g/mol. The second-order valence-corrected chi connectivity index (χ2v) is 6.22. The number of rotatable bonds is 5. The highest BCUT2D eigenvalue weighted by Gasteiger charge is 2.36. The predicted molar refractivity (Wildman–Crippen MR) is 93.0 cm³/mol. The molecule has 1 unspecified atom stereocenters. The molecular formula is C19H17FN4O3. The van der Waals surface area contributed by atoms with Crippen LogP contribution in [0.2, 0.25) is 0 Å². The molecule has 7 nitrogen and oxygen atoms in total. The molecule has 8 heteroatoms. The smallest absolute Gasteiger partial charge is 0.249 e. The number of benzene rings is 1. The second kappa shape index (κ2) is 7.14. The van der Waals surface area contributed by atoms with Gasteiger partial charge in [0.15, 0.2) is 11.6 Å². The van der Waals surface area contributed by atoms with E-state index < -0.39 is 5.82 Å². The highest BCUT2D eigenvalue weighted by atomic mass is 19.1. The molecule has 3 heterocycles. The topological polar surface area (TPSA) is 81.4 Å². The number of hydrogen-bond acceptors (Lipinski definition) is 6. The molecule has 3 aromatic rings. The Morgan fingerprint density at radius 3 is 2.96 bits per heavy atom. The molecule has 138 valence electrons. The van der Waals surface area contributed by atoms with Crippen molar-refractivity contribution in [2.45, 2.75) is 25.4 Å². The summed E-state index contributed by atoms with van der Waals surface area (Å²) in [5.41, 5.74) is 1.26. The van der Waals surface area contributed by atoms with Crippen LogP contribution in [0.25, 0.3) is 11.5 Å². The van der Waals surface area contributed by atoms with Gasteiger partial charge in [-0.3, -0.25) is 9.78 Å². The zero-order valence-corrected chi connectivity index (χ0v) is 14.6. The largest absolute Gasteiger partial charge is 0.494 e. The molecule has 1 aromatic carbocycles. The Balaban J connectivity index is 1.57. The first-order valence-electron chi connectivity index (χ1n) is 8.52. The van der Waals surface area contributed by atoms with E-state index in [1.54, 1.807) is 35.4 Å². The highest BCUT2D eigenvalue weighted by molar-refractivity contribution is 5.78. The molecule has 0 N–H and O–H groups in total. The van der Waals surface area contributed by atoms with Crippen molar-refractivity contribution < 1.29 is 18.4 Å². The summed E-state index contributed by atoms with van der Waals surface area (Å²) in [6.45, 7) is 0.256. The number of carbonyl (C=O) groups is 1. The maximum absolute atomic E-state index is 14.0. The molecule has 0 radical (unpaired) electrons.